The third kappa shape index (κ3) is 5.84. The fourth-order valence-electron chi connectivity index (χ4n) is 4.74. The molecule has 1 saturated heterocycles. The average Bonchev–Trinajstić information content (AvgIpc) is 3.11. The quantitative estimate of drug-likeness (QED) is 0.548. The van der Waals surface area contributed by atoms with Gasteiger partial charge in [0.2, 0.25) is 0 Å². The summed E-state index contributed by atoms with van der Waals surface area (Å²) in [5.74, 6) is -2.62. The molecule has 1 N–H and O–H groups in total. The largest absolute Gasteiger partial charge is 0.370 e. The minimum atomic E-state index is -1.30. The Morgan fingerprint density at radius 1 is 1.11 bits per heavy atom. The summed E-state index contributed by atoms with van der Waals surface area (Å²) in [5.41, 5.74) is -0.684. The summed E-state index contributed by atoms with van der Waals surface area (Å²) in [4.78, 5) is 13.4. The molecule has 0 spiro atoms. The first kappa shape index (κ1) is 26.0. The summed E-state index contributed by atoms with van der Waals surface area (Å²) in [6.07, 6.45) is -1.40. The monoisotopic (exact) mass is 509 g/mol. The molecule has 2 aromatic carbocycles. The van der Waals surface area contributed by atoms with Crippen LogP contribution in [-0.2, 0) is 37.0 Å². The number of rotatable bonds is 8. The normalized spacial score (nSPS) is 27.4. The predicted molar refractivity (Wildman–Crippen MR) is 126 cm³/mol. The third-order valence-electron chi connectivity index (χ3n) is 6.31. The first-order valence-corrected chi connectivity index (χ1v) is 12.1. The second-order valence-corrected chi connectivity index (χ2v) is 9.81. The minimum Gasteiger partial charge on any atom is -0.370 e. The van der Waals surface area contributed by atoms with Gasteiger partial charge in [-0.1, -0.05) is 29.8 Å². The van der Waals surface area contributed by atoms with Gasteiger partial charge in [0.1, 0.15) is 17.7 Å². The average molecular weight is 510 g/mol. The Labute approximate surface area is 208 Å². The number of hydrogen-bond donors (Lipinski definition) is 1. The van der Waals surface area contributed by atoms with E-state index < -0.39 is 41.3 Å². The van der Waals surface area contributed by atoms with Gasteiger partial charge >= 0.3 is 0 Å². The number of likely N-dealkylation sites (N-methyl/N-ethyl adjacent to an activating group) is 1. The lowest BCUT2D eigenvalue weighted by atomic mass is 9.78. The van der Waals surface area contributed by atoms with Crippen LogP contribution in [0.15, 0.2) is 42.5 Å². The van der Waals surface area contributed by atoms with Crippen molar-refractivity contribution < 1.29 is 32.5 Å². The Morgan fingerprint density at radius 2 is 1.83 bits per heavy atom. The smallest absolute Gasteiger partial charge is 0.252 e. The summed E-state index contributed by atoms with van der Waals surface area (Å²) in [5, 5.41) is 3.41. The minimum absolute atomic E-state index is 0.121. The molecular weight excluding hydrogens is 480 g/mol. The number of nitrogens with one attached hydrogen (secondary N) is 1. The lowest BCUT2D eigenvalue weighted by molar-refractivity contribution is -0.183. The maximum atomic E-state index is 14.2. The lowest BCUT2D eigenvalue weighted by Crippen LogP contribution is -2.60. The fraction of sp³-hybridized carbons (Fsp3) is 0.500. The molecule has 0 aromatic heterocycles. The topological polar surface area (TPSA) is 66.0 Å². The number of carbonyl (C=O) groups excluding carboxylic acids is 1. The van der Waals surface area contributed by atoms with Crippen molar-refractivity contribution in [2.45, 2.75) is 76.5 Å². The van der Waals surface area contributed by atoms with Gasteiger partial charge in [-0.2, -0.15) is 0 Å². The van der Waals surface area contributed by atoms with Crippen LogP contribution in [0.4, 0.5) is 8.78 Å². The summed E-state index contributed by atoms with van der Waals surface area (Å²) >= 11 is 6.11. The molecule has 6 nitrogen and oxygen atoms in total. The Balaban J connectivity index is 1.62. The van der Waals surface area contributed by atoms with Crippen LogP contribution in [0.1, 0.15) is 44.7 Å². The van der Waals surface area contributed by atoms with E-state index in [1.807, 2.05) is 19.1 Å². The number of carbonyl (C=O) groups is 1. The molecule has 4 rings (SSSR count). The van der Waals surface area contributed by atoms with Crippen molar-refractivity contribution in [1.29, 1.82) is 0 Å². The lowest BCUT2D eigenvalue weighted by Gasteiger charge is -2.43. The molecule has 1 aliphatic heterocycles. The second kappa shape index (κ2) is 10.5. The van der Waals surface area contributed by atoms with Gasteiger partial charge in [0.25, 0.3) is 5.91 Å². The highest BCUT2D eigenvalue weighted by molar-refractivity contribution is 6.30. The molecule has 35 heavy (non-hydrogen) atoms. The van der Waals surface area contributed by atoms with Gasteiger partial charge in [-0.05, 0) is 50.6 Å². The molecule has 2 aliphatic rings. The highest BCUT2D eigenvalue weighted by Gasteiger charge is 2.58. The van der Waals surface area contributed by atoms with Gasteiger partial charge in [0, 0.05) is 30.0 Å². The van der Waals surface area contributed by atoms with Gasteiger partial charge in [-0.3, -0.25) is 4.79 Å². The van der Waals surface area contributed by atoms with E-state index in [-0.39, 0.29) is 37.5 Å². The predicted octanol–water partition coefficient (Wildman–Crippen LogP) is 4.91. The Hall–Kier alpha value is -2.10. The molecule has 1 amide bonds. The molecule has 1 heterocycles. The molecule has 2 fully saturated rings. The molecule has 190 valence electrons. The van der Waals surface area contributed by atoms with Crippen molar-refractivity contribution in [2.24, 2.45) is 0 Å². The van der Waals surface area contributed by atoms with Crippen molar-refractivity contribution in [3.05, 3.63) is 70.2 Å². The van der Waals surface area contributed by atoms with Gasteiger partial charge in [0.15, 0.2) is 11.4 Å². The summed E-state index contributed by atoms with van der Waals surface area (Å²) < 4.78 is 53.0. The van der Waals surface area contributed by atoms with Crippen molar-refractivity contribution >= 4 is 17.5 Å². The van der Waals surface area contributed by atoms with Crippen LogP contribution in [0.25, 0.3) is 0 Å². The first-order valence-electron chi connectivity index (χ1n) is 11.7. The summed E-state index contributed by atoms with van der Waals surface area (Å²) in [7, 11) is 0. The van der Waals surface area contributed by atoms with Crippen molar-refractivity contribution in [2.75, 3.05) is 6.54 Å². The van der Waals surface area contributed by atoms with Crippen molar-refractivity contribution in [3.63, 3.8) is 0 Å². The molecule has 9 heteroatoms. The fourth-order valence-corrected chi connectivity index (χ4v) is 4.95. The van der Waals surface area contributed by atoms with E-state index in [0.717, 1.165) is 5.56 Å². The molecule has 4 atom stereocenters. The number of fused-ring (bicyclic) bond motifs is 1. The first-order chi connectivity index (χ1) is 16.6. The van der Waals surface area contributed by atoms with Crippen molar-refractivity contribution in [3.8, 4) is 0 Å². The highest BCUT2D eigenvalue weighted by atomic mass is 35.5. The number of amides is 1. The zero-order chi connectivity index (χ0) is 25.2. The number of hydrogen-bond acceptors (Lipinski definition) is 5. The van der Waals surface area contributed by atoms with Gasteiger partial charge < -0.3 is 24.3 Å². The zero-order valence-corrected chi connectivity index (χ0v) is 20.7. The number of benzene rings is 2. The zero-order valence-electron chi connectivity index (χ0n) is 20.0. The third-order valence-corrected chi connectivity index (χ3v) is 6.54. The van der Waals surface area contributed by atoms with Crippen molar-refractivity contribution in [1.82, 2.24) is 5.32 Å². The Bertz CT molecular complexity index is 1050. The van der Waals surface area contributed by atoms with Gasteiger partial charge in [-0.25, -0.2) is 8.78 Å². The Morgan fingerprint density at radius 3 is 2.51 bits per heavy atom. The number of halogens is 3. The van der Waals surface area contributed by atoms with Crippen LogP contribution in [0.5, 0.6) is 0 Å². The van der Waals surface area contributed by atoms with E-state index in [9.17, 15) is 13.6 Å². The van der Waals surface area contributed by atoms with E-state index in [2.05, 4.69) is 5.32 Å². The van der Waals surface area contributed by atoms with Crippen LogP contribution < -0.4 is 5.32 Å². The van der Waals surface area contributed by atoms with E-state index >= 15 is 0 Å². The van der Waals surface area contributed by atoms with Gasteiger partial charge in [0.05, 0.1) is 25.4 Å². The van der Waals surface area contributed by atoms with E-state index in [0.29, 0.717) is 11.6 Å². The van der Waals surface area contributed by atoms with Crippen LogP contribution in [-0.4, -0.2) is 42.2 Å². The van der Waals surface area contributed by atoms with E-state index in [1.54, 1.807) is 26.0 Å². The molecule has 0 unspecified atom stereocenters. The van der Waals surface area contributed by atoms with E-state index in [4.69, 9.17) is 30.5 Å². The molecule has 2 aromatic rings. The van der Waals surface area contributed by atoms with Gasteiger partial charge in [-0.15, -0.1) is 0 Å². The summed E-state index contributed by atoms with van der Waals surface area (Å²) in [6, 6.07) is 10.8. The molecule has 0 radical (unpaired) electrons. The summed E-state index contributed by atoms with van der Waals surface area (Å²) in [6.45, 7) is 5.59. The molecule has 1 aliphatic carbocycles. The number of ether oxygens (including phenoxy) is 4. The van der Waals surface area contributed by atoms with Crippen LogP contribution in [0.3, 0.4) is 0 Å². The molecule has 1 saturated carbocycles. The maximum Gasteiger partial charge on any atom is 0.252 e. The Kier molecular flexibility index (Phi) is 7.78. The molecule has 0 bridgehead atoms. The maximum absolute atomic E-state index is 14.2. The SMILES string of the molecule is CCNC(=O)[C@@]1(OCc2cccc(Cl)c2)C[C@H](OCc2c(F)cccc2F)[C@@H]2OC(C)(C)O[C@@H]2C1. The standard InChI is InChI=1S/C26H30ClF2NO5/c1-4-30-24(31)26(33-14-16-7-5-8-17(27)11-16)12-21(23-22(13-26)34-25(2,3)35-23)32-15-18-19(28)9-6-10-20(18)29/h5-11,21-23H,4,12-15H2,1-3H3,(H,30,31)/t21-,22+,23-,26+/m0/s1. The molecular formula is C26H30ClF2NO5. The van der Waals surface area contributed by atoms with E-state index in [1.165, 1.54) is 18.2 Å². The van der Waals surface area contributed by atoms with Crippen LogP contribution >= 0.6 is 11.6 Å². The highest BCUT2D eigenvalue weighted by Crippen LogP contribution is 2.44. The van der Waals surface area contributed by atoms with Crippen LogP contribution in [0.2, 0.25) is 5.02 Å². The van der Waals surface area contributed by atoms with Crippen LogP contribution in [0, 0.1) is 11.6 Å². The second-order valence-electron chi connectivity index (χ2n) is 9.37.